The van der Waals surface area contributed by atoms with Gasteiger partial charge in [0, 0.05) is 27.8 Å². The molecular weight excluding hydrogens is 311 g/mol. The highest BCUT2D eigenvalue weighted by molar-refractivity contribution is 7.15. The third-order valence-electron chi connectivity index (χ3n) is 3.67. The van der Waals surface area contributed by atoms with Crippen LogP contribution in [0.3, 0.4) is 0 Å². The number of halogens is 1. The van der Waals surface area contributed by atoms with Crippen molar-refractivity contribution in [3.63, 3.8) is 0 Å². The summed E-state index contributed by atoms with van der Waals surface area (Å²) >= 11 is 1.53. The van der Waals surface area contributed by atoms with Crippen LogP contribution in [0, 0.1) is 5.82 Å². The lowest BCUT2D eigenvalue weighted by Gasteiger charge is -2.26. The van der Waals surface area contributed by atoms with Crippen LogP contribution in [0.4, 0.5) is 4.39 Å². The number of hydrogen-bond donors (Lipinski definition) is 1. The van der Waals surface area contributed by atoms with Gasteiger partial charge in [0.05, 0.1) is 6.54 Å². The van der Waals surface area contributed by atoms with E-state index in [1.807, 2.05) is 36.9 Å². The van der Waals surface area contributed by atoms with E-state index in [-0.39, 0.29) is 17.8 Å². The van der Waals surface area contributed by atoms with Crippen LogP contribution in [0.5, 0.6) is 0 Å². The lowest BCUT2D eigenvalue weighted by Crippen LogP contribution is -2.36. The molecule has 0 radical (unpaired) electrons. The predicted molar refractivity (Wildman–Crippen MR) is 93.7 cm³/mol. The van der Waals surface area contributed by atoms with Gasteiger partial charge in [-0.05, 0) is 45.0 Å². The quantitative estimate of drug-likeness (QED) is 0.831. The van der Waals surface area contributed by atoms with Crippen LogP contribution in [-0.4, -0.2) is 23.4 Å². The maximum absolute atomic E-state index is 13.9. The number of nitrogens with two attached hydrogens (primary N) is 1. The van der Waals surface area contributed by atoms with Gasteiger partial charge in [-0.1, -0.05) is 18.2 Å². The molecule has 2 aromatic rings. The van der Waals surface area contributed by atoms with E-state index in [0.29, 0.717) is 31.5 Å². The van der Waals surface area contributed by atoms with Crippen LogP contribution >= 0.6 is 11.3 Å². The van der Waals surface area contributed by atoms with Gasteiger partial charge in [0.1, 0.15) is 5.82 Å². The Balaban J connectivity index is 2.13. The molecule has 2 rings (SSSR count). The fourth-order valence-corrected chi connectivity index (χ4v) is 3.43. The summed E-state index contributed by atoms with van der Waals surface area (Å²) in [5.74, 6) is -0.105. The Morgan fingerprint density at radius 2 is 2.00 bits per heavy atom. The first-order chi connectivity index (χ1) is 11.0. The van der Waals surface area contributed by atoms with Crippen molar-refractivity contribution in [2.75, 3.05) is 6.54 Å². The van der Waals surface area contributed by atoms with Crippen molar-refractivity contribution in [1.29, 1.82) is 0 Å². The normalized spacial score (nSPS) is 11.0. The van der Waals surface area contributed by atoms with E-state index in [4.69, 9.17) is 5.73 Å². The zero-order valence-electron chi connectivity index (χ0n) is 13.6. The highest BCUT2D eigenvalue weighted by Gasteiger charge is 2.18. The highest BCUT2D eigenvalue weighted by atomic mass is 32.1. The molecule has 0 atom stereocenters. The van der Waals surface area contributed by atoms with Crippen molar-refractivity contribution in [1.82, 2.24) is 4.90 Å². The summed E-state index contributed by atoms with van der Waals surface area (Å²) in [6.45, 7) is 5.09. The molecule has 23 heavy (non-hydrogen) atoms. The first kappa shape index (κ1) is 17.6. The second-order valence-corrected chi connectivity index (χ2v) is 6.92. The van der Waals surface area contributed by atoms with E-state index in [1.54, 1.807) is 12.1 Å². The second kappa shape index (κ2) is 8.22. The lowest BCUT2D eigenvalue weighted by atomic mass is 10.2. The first-order valence-electron chi connectivity index (χ1n) is 7.86. The van der Waals surface area contributed by atoms with Gasteiger partial charge in [-0.3, -0.25) is 4.79 Å². The van der Waals surface area contributed by atoms with Crippen molar-refractivity contribution in [2.45, 2.75) is 39.3 Å². The van der Waals surface area contributed by atoms with Crippen molar-refractivity contribution in [3.05, 3.63) is 47.1 Å². The maximum atomic E-state index is 13.9. The Morgan fingerprint density at radius 1 is 1.26 bits per heavy atom. The standard InChI is InChI=1S/C18H23FN2OS/c1-13(2)21(18(22)8-5-11-20)12-14-9-10-17(23-14)15-6-3-4-7-16(15)19/h3-4,6-7,9-10,13H,5,8,11-12,20H2,1-2H3. The summed E-state index contributed by atoms with van der Waals surface area (Å²) in [4.78, 5) is 16.1. The Bertz CT molecular complexity index is 654. The van der Waals surface area contributed by atoms with Crippen LogP contribution in [0.2, 0.25) is 0 Å². The van der Waals surface area contributed by atoms with Gasteiger partial charge in [0.25, 0.3) is 0 Å². The van der Waals surface area contributed by atoms with Crippen LogP contribution in [0.1, 0.15) is 31.6 Å². The van der Waals surface area contributed by atoms with Gasteiger partial charge in [0.15, 0.2) is 0 Å². The van der Waals surface area contributed by atoms with Gasteiger partial charge >= 0.3 is 0 Å². The van der Waals surface area contributed by atoms with E-state index in [1.165, 1.54) is 17.4 Å². The molecule has 5 heteroatoms. The molecule has 0 saturated carbocycles. The smallest absolute Gasteiger partial charge is 0.223 e. The highest BCUT2D eigenvalue weighted by Crippen LogP contribution is 2.31. The summed E-state index contributed by atoms with van der Waals surface area (Å²) in [7, 11) is 0. The van der Waals surface area contributed by atoms with E-state index >= 15 is 0 Å². The number of carbonyl (C=O) groups is 1. The molecule has 2 N–H and O–H groups in total. The van der Waals surface area contributed by atoms with Gasteiger partial charge in [-0.25, -0.2) is 4.39 Å². The third-order valence-corrected chi connectivity index (χ3v) is 4.77. The molecule has 0 spiro atoms. The molecule has 0 saturated heterocycles. The Hall–Kier alpha value is -1.72. The van der Waals surface area contributed by atoms with Gasteiger partial charge < -0.3 is 10.6 Å². The fraction of sp³-hybridized carbons (Fsp3) is 0.389. The summed E-state index contributed by atoms with van der Waals surface area (Å²) in [6, 6.07) is 10.8. The Morgan fingerprint density at radius 3 is 2.65 bits per heavy atom. The number of nitrogens with zero attached hydrogens (tertiary/aromatic N) is 1. The maximum Gasteiger partial charge on any atom is 0.223 e. The van der Waals surface area contributed by atoms with Gasteiger partial charge in [-0.2, -0.15) is 0 Å². The van der Waals surface area contributed by atoms with Crippen molar-refractivity contribution >= 4 is 17.2 Å². The zero-order chi connectivity index (χ0) is 16.8. The monoisotopic (exact) mass is 334 g/mol. The average Bonchev–Trinajstić information content (AvgIpc) is 2.99. The molecular formula is C18H23FN2OS. The number of hydrogen-bond acceptors (Lipinski definition) is 3. The van der Waals surface area contributed by atoms with Crippen molar-refractivity contribution in [3.8, 4) is 10.4 Å². The molecule has 0 aliphatic rings. The molecule has 0 unspecified atom stereocenters. The minimum atomic E-state index is -0.222. The number of benzene rings is 1. The minimum Gasteiger partial charge on any atom is -0.335 e. The number of thiophene rings is 1. The number of rotatable bonds is 7. The van der Waals surface area contributed by atoms with Gasteiger partial charge in [0.2, 0.25) is 5.91 Å². The predicted octanol–water partition coefficient (Wildman–Crippen LogP) is 4.03. The molecule has 3 nitrogen and oxygen atoms in total. The molecule has 0 bridgehead atoms. The largest absolute Gasteiger partial charge is 0.335 e. The zero-order valence-corrected chi connectivity index (χ0v) is 14.4. The fourth-order valence-electron chi connectivity index (χ4n) is 2.39. The van der Waals surface area contributed by atoms with E-state index in [9.17, 15) is 9.18 Å². The minimum absolute atomic E-state index is 0.117. The number of amides is 1. The molecule has 1 aromatic carbocycles. The van der Waals surface area contributed by atoms with Crippen molar-refractivity contribution in [2.24, 2.45) is 5.73 Å². The van der Waals surface area contributed by atoms with Gasteiger partial charge in [-0.15, -0.1) is 11.3 Å². The van der Waals surface area contributed by atoms with E-state index < -0.39 is 0 Å². The first-order valence-corrected chi connectivity index (χ1v) is 8.67. The molecule has 1 amide bonds. The molecule has 0 aliphatic heterocycles. The van der Waals surface area contributed by atoms with Crippen LogP contribution in [0.15, 0.2) is 36.4 Å². The van der Waals surface area contributed by atoms with Crippen LogP contribution in [-0.2, 0) is 11.3 Å². The van der Waals surface area contributed by atoms with E-state index in [2.05, 4.69) is 0 Å². The summed E-state index contributed by atoms with van der Waals surface area (Å²) in [6.07, 6.45) is 1.17. The Kier molecular flexibility index (Phi) is 6.30. The summed E-state index contributed by atoms with van der Waals surface area (Å²) in [5, 5.41) is 0. The van der Waals surface area contributed by atoms with Crippen LogP contribution in [0.25, 0.3) is 10.4 Å². The molecule has 1 heterocycles. The Labute approximate surface area is 140 Å². The second-order valence-electron chi connectivity index (χ2n) is 5.75. The van der Waals surface area contributed by atoms with E-state index in [0.717, 1.165) is 9.75 Å². The SMILES string of the molecule is CC(C)N(Cc1ccc(-c2ccccc2F)s1)C(=O)CCCN. The summed E-state index contributed by atoms with van der Waals surface area (Å²) < 4.78 is 13.9. The molecule has 1 aromatic heterocycles. The summed E-state index contributed by atoms with van der Waals surface area (Å²) in [5.41, 5.74) is 6.09. The van der Waals surface area contributed by atoms with Crippen molar-refractivity contribution < 1.29 is 9.18 Å². The molecule has 0 fully saturated rings. The topological polar surface area (TPSA) is 46.3 Å². The molecule has 124 valence electrons. The van der Waals surface area contributed by atoms with Crippen LogP contribution < -0.4 is 5.73 Å². The molecule has 0 aliphatic carbocycles. The average molecular weight is 334 g/mol. The number of carbonyl (C=O) groups excluding carboxylic acids is 1. The lowest BCUT2D eigenvalue weighted by molar-refractivity contribution is -0.133. The third kappa shape index (κ3) is 4.62.